The largest absolute Gasteiger partial charge is 0.396 e. The van der Waals surface area contributed by atoms with E-state index in [1.807, 2.05) is 24.0 Å². The molecule has 0 saturated heterocycles. The van der Waals surface area contributed by atoms with Crippen LogP contribution in [0, 0.1) is 6.92 Å². The lowest BCUT2D eigenvalue weighted by atomic mass is 9.91. The minimum Gasteiger partial charge on any atom is -0.396 e. The molecule has 0 radical (unpaired) electrons. The maximum Gasteiger partial charge on any atom is 0.255 e. The van der Waals surface area contributed by atoms with Crippen LogP contribution in [0.1, 0.15) is 41.7 Å². The molecule has 0 aromatic carbocycles. The summed E-state index contributed by atoms with van der Waals surface area (Å²) in [7, 11) is 0. The van der Waals surface area contributed by atoms with Gasteiger partial charge in [-0.3, -0.25) is 9.78 Å². The average Bonchev–Trinajstić information content (AvgIpc) is 2.32. The first-order valence-electron chi connectivity index (χ1n) is 6.57. The standard InChI is InChI=1S/C14H20N2O2/c1-11-6-7-12(10-15-11)14(18)16(8-3-9-17)13-4-2-5-13/h6-7,10,13,17H,2-5,8-9H2,1H3. The number of amides is 1. The van der Waals surface area contributed by atoms with Gasteiger partial charge >= 0.3 is 0 Å². The number of aliphatic hydroxyl groups is 1. The molecule has 4 heteroatoms. The van der Waals surface area contributed by atoms with Gasteiger partial charge in [-0.15, -0.1) is 0 Å². The molecule has 1 aliphatic carbocycles. The highest BCUT2D eigenvalue weighted by Gasteiger charge is 2.28. The molecule has 1 amide bonds. The summed E-state index contributed by atoms with van der Waals surface area (Å²) >= 11 is 0. The molecule has 1 N–H and O–H groups in total. The monoisotopic (exact) mass is 248 g/mol. The number of nitrogens with zero attached hydrogens (tertiary/aromatic N) is 2. The predicted octanol–water partition coefficient (Wildman–Crippen LogP) is 1.77. The summed E-state index contributed by atoms with van der Waals surface area (Å²) in [6, 6.07) is 4.04. The van der Waals surface area contributed by atoms with E-state index in [4.69, 9.17) is 5.11 Å². The SMILES string of the molecule is Cc1ccc(C(=O)N(CCCO)C2CCC2)cn1. The van der Waals surface area contributed by atoms with Crippen molar-refractivity contribution in [3.63, 3.8) is 0 Å². The van der Waals surface area contributed by atoms with Crippen LogP contribution in [0.25, 0.3) is 0 Å². The molecule has 2 rings (SSSR count). The number of carbonyl (C=O) groups is 1. The van der Waals surface area contributed by atoms with Crippen LogP contribution in [-0.2, 0) is 0 Å². The summed E-state index contributed by atoms with van der Waals surface area (Å²) in [5.74, 6) is 0.0423. The van der Waals surface area contributed by atoms with E-state index >= 15 is 0 Å². The Hall–Kier alpha value is -1.42. The molecule has 0 atom stereocenters. The Balaban J connectivity index is 2.08. The maximum atomic E-state index is 12.4. The van der Waals surface area contributed by atoms with E-state index in [-0.39, 0.29) is 12.5 Å². The molecule has 98 valence electrons. The minimum atomic E-state index is 0.0423. The summed E-state index contributed by atoms with van der Waals surface area (Å²) in [5.41, 5.74) is 1.56. The van der Waals surface area contributed by atoms with Crippen molar-refractivity contribution in [2.75, 3.05) is 13.2 Å². The molecule has 18 heavy (non-hydrogen) atoms. The molecule has 1 aromatic heterocycles. The number of carbonyl (C=O) groups excluding carboxylic acids is 1. The first-order valence-corrected chi connectivity index (χ1v) is 6.57. The smallest absolute Gasteiger partial charge is 0.255 e. The van der Waals surface area contributed by atoms with E-state index in [1.54, 1.807) is 6.20 Å². The first-order chi connectivity index (χ1) is 8.72. The number of aromatic nitrogens is 1. The summed E-state index contributed by atoms with van der Waals surface area (Å²) in [5, 5.41) is 8.93. The van der Waals surface area contributed by atoms with E-state index in [1.165, 1.54) is 6.42 Å². The molecule has 0 bridgehead atoms. The molecule has 1 fully saturated rings. The van der Waals surface area contributed by atoms with Crippen LogP contribution in [0.2, 0.25) is 0 Å². The third-order valence-electron chi connectivity index (χ3n) is 3.49. The van der Waals surface area contributed by atoms with Crippen LogP contribution in [0.5, 0.6) is 0 Å². The molecule has 1 saturated carbocycles. The van der Waals surface area contributed by atoms with Crippen LogP contribution in [0.3, 0.4) is 0 Å². The quantitative estimate of drug-likeness (QED) is 0.864. The number of rotatable bonds is 5. The number of aliphatic hydroxyl groups excluding tert-OH is 1. The van der Waals surface area contributed by atoms with Gasteiger partial charge in [-0.05, 0) is 44.7 Å². The lowest BCUT2D eigenvalue weighted by Gasteiger charge is -2.37. The molecular formula is C14H20N2O2. The highest BCUT2D eigenvalue weighted by atomic mass is 16.3. The number of pyridine rings is 1. The zero-order valence-electron chi connectivity index (χ0n) is 10.8. The molecule has 1 heterocycles. The van der Waals surface area contributed by atoms with Gasteiger partial charge in [0.2, 0.25) is 0 Å². The van der Waals surface area contributed by atoms with E-state index < -0.39 is 0 Å². The van der Waals surface area contributed by atoms with Gasteiger partial charge in [0.25, 0.3) is 5.91 Å². The van der Waals surface area contributed by atoms with E-state index in [0.717, 1.165) is 18.5 Å². The van der Waals surface area contributed by atoms with Gasteiger partial charge in [0.1, 0.15) is 0 Å². The molecule has 1 aliphatic rings. The zero-order valence-corrected chi connectivity index (χ0v) is 10.8. The van der Waals surface area contributed by atoms with Crippen molar-refractivity contribution in [1.82, 2.24) is 9.88 Å². The van der Waals surface area contributed by atoms with Crippen molar-refractivity contribution in [1.29, 1.82) is 0 Å². The summed E-state index contributed by atoms with van der Waals surface area (Å²) in [4.78, 5) is 18.5. The Morgan fingerprint density at radius 3 is 2.78 bits per heavy atom. The van der Waals surface area contributed by atoms with Gasteiger partial charge in [-0.25, -0.2) is 0 Å². The van der Waals surface area contributed by atoms with Crippen molar-refractivity contribution < 1.29 is 9.90 Å². The molecule has 0 aliphatic heterocycles. The van der Waals surface area contributed by atoms with Crippen LogP contribution >= 0.6 is 0 Å². The zero-order chi connectivity index (χ0) is 13.0. The van der Waals surface area contributed by atoms with Crippen molar-refractivity contribution >= 4 is 5.91 Å². The van der Waals surface area contributed by atoms with Crippen molar-refractivity contribution in [3.05, 3.63) is 29.6 Å². The normalized spacial score (nSPS) is 15.2. The van der Waals surface area contributed by atoms with Gasteiger partial charge in [-0.1, -0.05) is 0 Å². The highest BCUT2D eigenvalue weighted by Crippen LogP contribution is 2.26. The molecule has 4 nitrogen and oxygen atoms in total. The van der Waals surface area contributed by atoms with Crippen LogP contribution in [-0.4, -0.2) is 40.1 Å². The van der Waals surface area contributed by atoms with Crippen molar-refractivity contribution in [3.8, 4) is 0 Å². The summed E-state index contributed by atoms with van der Waals surface area (Å²) < 4.78 is 0. The number of hydrogen-bond donors (Lipinski definition) is 1. The number of aryl methyl sites for hydroxylation is 1. The Labute approximate surface area is 108 Å². The van der Waals surface area contributed by atoms with Crippen LogP contribution in [0.4, 0.5) is 0 Å². The Morgan fingerprint density at radius 2 is 2.28 bits per heavy atom. The maximum absolute atomic E-state index is 12.4. The van der Waals surface area contributed by atoms with Gasteiger partial charge in [0.15, 0.2) is 0 Å². The lowest BCUT2D eigenvalue weighted by molar-refractivity contribution is 0.0562. The van der Waals surface area contributed by atoms with Gasteiger partial charge in [0.05, 0.1) is 5.56 Å². The van der Waals surface area contributed by atoms with Crippen molar-refractivity contribution in [2.24, 2.45) is 0 Å². The van der Waals surface area contributed by atoms with E-state index in [9.17, 15) is 4.79 Å². The van der Waals surface area contributed by atoms with E-state index in [2.05, 4.69) is 4.98 Å². The fourth-order valence-corrected chi connectivity index (χ4v) is 2.15. The van der Waals surface area contributed by atoms with Gasteiger partial charge in [-0.2, -0.15) is 0 Å². The fourth-order valence-electron chi connectivity index (χ4n) is 2.15. The molecule has 0 spiro atoms. The topological polar surface area (TPSA) is 53.4 Å². The van der Waals surface area contributed by atoms with E-state index in [0.29, 0.717) is 24.6 Å². The average molecular weight is 248 g/mol. The summed E-state index contributed by atoms with van der Waals surface area (Å²) in [6.07, 6.45) is 5.64. The van der Waals surface area contributed by atoms with Crippen LogP contribution < -0.4 is 0 Å². The third-order valence-corrected chi connectivity index (χ3v) is 3.49. The molecular weight excluding hydrogens is 228 g/mol. The molecule has 0 unspecified atom stereocenters. The summed E-state index contributed by atoms with van der Waals surface area (Å²) in [6.45, 7) is 2.67. The lowest BCUT2D eigenvalue weighted by Crippen LogP contribution is -2.45. The fraction of sp³-hybridized carbons (Fsp3) is 0.571. The highest BCUT2D eigenvalue weighted by molar-refractivity contribution is 5.94. The Morgan fingerprint density at radius 1 is 1.50 bits per heavy atom. The Kier molecular flexibility index (Phi) is 4.31. The third kappa shape index (κ3) is 2.88. The number of hydrogen-bond acceptors (Lipinski definition) is 3. The second kappa shape index (κ2) is 5.96. The van der Waals surface area contributed by atoms with Gasteiger partial charge in [0, 0.05) is 31.1 Å². The predicted molar refractivity (Wildman–Crippen MR) is 69.4 cm³/mol. The Bertz CT molecular complexity index is 399. The second-order valence-electron chi connectivity index (χ2n) is 4.85. The van der Waals surface area contributed by atoms with Gasteiger partial charge < -0.3 is 10.0 Å². The second-order valence-corrected chi connectivity index (χ2v) is 4.85. The van der Waals surface area contributed by atoms with Crippen molar-refractivity contribution in [2.45, 2.75) is 38.6 Å². The first kappa shape index (κ1) is 13.0. The van der Waals surface area contributed by atoms with Crippen LogP contribution in [0.15, 0.2) is 18.3 Å². The molecule has 1 aromatic rings. The minimum absolute atomic E-state index is 0.0423.